The maximum atomic E-state index is 12.6. The van der Waals surface area contributed by atoms with Crippen molar-refractivity contribution in [3.63, 3.8) is 0 Å². The molecule has 1 saturated heterocycles. The Morgan fingerprint density at radius 1 is 1.30 bits per heavy atom. The van der Waals surface area contributed by atoms with E-state index in [0.717, 1.165) is 58.0 Å². The van der Waals surface area contributed by atoms with Crippen LogP contribution in [0.3, 0.4) is 0 Å². The Bertz CT molecular complexity index is 333. The van der Waals surface area contributed by atoms with E-state index in [2.05, 4.69) is 19.2 Å². The molecule has 1 heterocycles. The number of nitrogens with one attached hydrogen (secondary N) is 1. The van der Waals surface area contributed by atoms with Crippen molar-refractivity contribution in [1.82, 2.24) is 5.32 Å². The van der Waals surface area contributed by atoms with Gasteiger partial charge in [-0.05, 0) is 38.5 Å². The highest BCUT2D eigenvalue weighted by Gasteiger charge is 2.42. The lowest BCUT2D eigenvalue weighted by atomic mass is 9.82. The molecular weight excluding hydrogens is 252 g/mol. The fraction of sp³-hybridized carbons (Fsp3) is 0.938. The third kappa shape index (κ3) is 3.01. The average Bonchev–Trinajstić information content (AvgIpc) is 2.97. The fourth-order valence-corrected chi connectivity index (χ4v) is 3.81. The van der Waals surface area contributed by atoms with Gasteiger partial charge in [-0.2, -0.15) is 0 Å². The van der Waals surface area contributed by atoms with E-state index in [-0.39, 0.29) is 23.0 Å². The van der Waals surface area contributed by atoms with Gasteiger partial charge in [0.05, 0.1) is 11.0 Å². The van der Waals surface area contributed by atoms with Gasteiger partial charge in [-0.3, -0.25) is 4.79 Å². The first-order chi connectivity index (χ1) is 9.60. The van der Waals surface area contributed by atoms with Crippen molar-refractivity contribution in [2.24, 2.45) is 11.1 Å². The van der Waals surface area contributed by atoms with Crippen molar-refractivity contribution in [2.75, 3.05) is 13.2 Å². The lowest BCUT2D eigenvalue weighted by Crippen LogP contribution is -2.53. The van der Waals surface area contributed by atoms with Crippen LogP contribution in [-0.4, -0.2) is 30.7 Å². The standard InChI is InChI=1S/C16H30N2O2/c1-3-16(4-2)11-13(7-10-20-16)18-14(19)15(12-17)8-5-6-9-15/h13H,3-12,17H2,1-2H3,(H,18,19). The Labute approximate surface area is 122 Å². The van der Waals surface area contributed by atoms with Crippen molar-refractivity contribution < 1.29 is 9.53 Å². The molecule has 2 aliphatic rings. The largest absolute Gasteiger partial charge is 0.375 e. The van der Waals surface area contributed by atoms with Gasteiger partial charge in [-0.25, -0.2) is 0 Å². The zero-order valence-electron chi connectivity index (χ0n) is 13.0. The predicted molar refractivity (Wildman–Crippen MR) is 80.4 cm³/mol. The quantitative estimate of drug-likeness (QED) is 0.813. The van der Waals surface area contributed by atoms with Crippen LogP contribution >= 0.6 is 0 Å². The molecule has 1 atom stereocenters. The molecule has 1 unspecified atom stereocenters. The van der Waals surface area contributed by atoms with Gasteiger partial charge in [-0.1, -0.05) is 26.7 Å². The van der Waals surface area contributed by atoms with Crippen LogP contribution in [0.4, 0.5) is 0 Å². The number of nitrogens with two attached hydrogens (primary N) is 1. The summed E-state index contributed by atoms with van der Waals surface area (Å²) in [5.41, 5.74) is 5.56. The SMILES string of the molecule is CCC1(CC)CC(NC(=O)C2(CN)CCCC2)CCO1. The van der Waals surface area contributed by atoms with Crippen LogP contribution in [0.2, 0.25) is 0 Å². The van der Waals surface area contributed by atoms with Crippen molar-refractivity contribution >= 4 is 5.91 Å². The summed E-state index contributed by atoms with van der Waals surface area (Å²) >= 11 is 0. The fourth-order valence-electron chi connectivity index (χ4n) is 3.81. The van der Waals surface area contributed by atoms with Gasteiger partial charge in [0.15, 0.2) is 0 Å². The number of hydrogen-bond donors (Lipinski definition) is 2. The molecule has 1 aliphatic carbocycles. The van der Waals surface area contributed by atoms with E-state index in [4.69, 9.17) is 10.5 Å². The lowest BCUT2D eigenvalue weighted by Gasteiger charge is -2.41. The molecule has 4 heteroatoms. The molecule has 0 spiro atoms. The van der Waals surface area contributed by atoms with Gasteiger partial charge in [0.25, 0.3) is 0 Å². The number of amides is 1. The van der Waals surface area contributed by atoms with Gasteiger partial charge < -0.3 is 15.8 Å². The topological polar surface area (TPSA) is 64.4 Å². The first-order valence-corrected chi connectivity index (χ1v) is 8.25. The van der Waals surface area contributed by atoms with E-state index in [0.29, 0.717) is 6.54 Å². The summed E-state index contributed by atoms with van der Waals surface area (Å²) in [6.07, 6.45) is 8.05. The van der Waals surface area contributed by atoms with Crippen LogP contribution in [0, 0.1) is 5.41 Å². The van der Waals surface area contributed by atoms with Crippen LogP contribution in [0.1, 0.15) is 65.2 Å². The number of ether oxygens (including phenoxy) is 1. The third-order valence-corrected chi connectivity index (χ3v) is 5.55. The number of rotatable bonds is 5. The molecular formula is C16H30N2O2. The Kier molecular flexibility index (Phi) is 5.08. The van der Waals surface area contributed by atoms with Crippen LogP contribution in [0.5, 0.6) is 0 Å². The summed E-state index contributed by atoms with van der Waals surface area (Å²) < 4.78 is 5.98. The molecule has 1 aliphatic heterocycles. The lowest BCUT2D eigenvalue weighted by molar-refractivity contribution is -0.134. The third-order valence-electron chi connectivity index (χ3n) is 5.55. The van der Waals surface area contributed by atoms with Gasteiger partial charge in [-0.15, -0.1) is 0 Å². The van der Waals surface area contributed by atoms with Crippen molar-refractivity contribution in [3.8, 4) is 0 Å². The Hall–Kier alpha value is -0.610. The van der Waals surface area contributed by atoms with Crippen molar-refractivity contribution in [1.29, 1.82) is 0 Å². The highest BCUT2D eigenvalue weighted by atomic mass is 16.5. The summed E-state index contributed by atoms with van der Waals surface area (Å²) in [4.78, 5) is 12.6. The molecule has 0 radical (unpaired) electrons. The highest BCUT2D eigenvalue weighted by molar-refractivity contribution is 5.83. The molecule has 1 amide bonds. The van der Waals surface area contributed by atoms with E-state index < -0.39 is 0 Å². The van der Waals surface area contributed by atoms with Crippen molar-refractivity contribution in [3.05, 3.63) is 0 Å². The normalized spacial score (nSPS) is 28.2. The minimum Gasteiger partial charge on any atom is -0.375 e. The first-order valence-electron chi connectivity index (χ1n) is 8.25. The molecule has 2 fully saturated rings. The van der Waals surface area contributed by atoms with Crippen LogP contribution in [0.25, 0.3) is 0 Å². The summed E-state index contributed by atoms with van der Waals surface area (Å²) in [5, 5.41) is 3.28. The zero-order valence-corrected chi connectivity index (χ0v) is 13.0. The number of carbonyl (C=O) groups is 1. The Morgan fingerprint density at radius 3 is 2.50 bits per heavy atom. The van der Waals surface area contributed by atoms with E-state index in [1.807, 2.05) is 0 Å². The van der Waals surface area contributed by atoms with Crippen LogP contribution in [0.15, 0.2) is 0 Å². The summed E-state index contributed by atoms with van der Waals surface area (Å²) in [5.74, 6) is 0.186. The average molecular weight is 282 g/mol. The predicted octanol–water partition coefficient (Wildman–Crippen LogP) is 2.36. The van der Waals surface area contributed by atoms with Crippen molar-refractivity contribution in [2.45, 2.75) is 76.9 Å². The molecule has 4 nitrogen and oxygen atoms in total. The molecule has 20 heavy (non-hydrogen) atoms. The Morgan fingerprint density at radius 2 is 1.95 bits per heavy atom. The second-order valence-corrected chi connectivity index (χ2v) is 6.59. The maximum Gasteiger partial charge on any atom is 0.227 e. The van der Waals surface area contributed by atoms with E-state index in [9.17, 15) is 4.79 Å². The minimum absolute atomic E-state index is 0.0399. The maximum absolute atomic E-state index is 12.6. The summed E-state index contributed by atoms with van der Waals surface area (Å²) in [6.45, 7) is 5.58. The minimum atomic E-state index is -0.292. The second kappa shape index (κ2) is 6.44. The van der Waals surface area contributed by atoms with Crippen LogP contribution < -0.4 is 11.1 Å². The van der Waals surface area contributed by atoms with E-state index >= 15 is 0 Å². The highest BCUT2D eigenvalue weighted by Crippen LogP contribution is 2.38. The molecule has 0 bridgehead atoms. The molecule has 1 saturated carbocycles. The molecule has 116 valence electrons. The Balaban J connectivity index is 1.97. The summed E-state index contributed by atoms with van der Waals surface area (Å²) in [7, 11) is 0. The molecule has 0 aromatic carbocycles. The molecule has 2 rings (SSSR count). The second-order valence-electron chi connectivity index (χ2n) is 6.59. The molecule has 3 N–H and O–H groups in total. The van der Waals surface area contributed by atoms with E-state index in [1.165, 1.54) is 0 Å². The monoisotopic (exact) mass is 282 g/mol. The van der Waals surface area contributed by atoms with E-state index in [1.54, 1.807) is 0 Å². The number of hydrogen-bond acceptors (Lipinski definition) is 3. The molecule has 0 aromatic heterocycles. The van der Waals surface area contributed by atoms with Gasteiger partial charge in [0, 0.05) is 19.2 Å². The number of carbonyl (C=O) groups excluding carboxylic acids is 1. The smallest absolute Gasteiger partial charge is 0.227 e. The molecule has 0 aromatic rings. The zero-order chi connectivity index (χ0) is 14.6. The van der Waals surface area contributed by atoms with Gasteiger partial charge in [0.1, 0.15) is 0 Å². The van der Waals surface area contributed by atoms with Gasteiger partial charge in [0.2, 0.25) is 5.91 Å². The summed E-state index contributed by atoms with van der Waals surface area (Å²) in [6, 6.07) is 0.250. The first kappa shape index (κ1) is 15.8. The van der Waals surface area contributed by atoms with Gasteiger partial charge >= 0.3 is 0 Å². The van der Waals surface area contributed by atoms with Crippen LogP contribution in [-0.2, 0) is 9.53 Å².